The van der Waals surface area contributed by atoms with E-state index >= 15 is 0 Å². The fraction of sp³-hybridized carbons (Fsp3) is 0.136. The fourth-order valence-electron chi connectivity index (χ4n) is 2.72. The van der Waals surface area contributed by atoms with Gasteiger partial charge in [-0.3, -0.25) is 4.79 Å². The summed E-state index contributed by atoms with van der Waals surface area (Å²) in [4.78, 5) is 12.7. The number of hydrogen-bond donors (Lipinski definition) is 2. The van der Waals surface area contributed by atoms with Gasteiger partial charge in [0.05, 0.1) is 11.3 Å². The quantitative estimate of drug-likeness (QED) is 0.653. The maximum absolute atomic E-state index is 12.7. The minimum absolute atomic E-state index is 0.128. The molecule has 0 aliphatic heterocycles. The van der Waals surface area contributed by atoms with Crippen LogP contribution in [0.4, 0.5) is 17.1 Å². The molecule has 2 N–H and O–H groups in total. The third-order valence-corrected chi connectivity index (χ3v) is 4.13. The van der Waals surface area contributed by atoms with Gasteiger partial charge in [0.2, 0.25) is 0 Å². The van der Waals surface area contributed by atoms with E-state index in [9.17, 15) is 4.79 Å². The van der Waals surface area contributed by atoms with Crippen molar-refractivity contribution in [2.24, 2.45) is 0 Å². The number of benzene rings is 3. The van der Waals surface area contributed by atoms with Gasteiger partial charge in [0.25, 0.3) is 5.91 Å². The molecule has 3 nitrogen and oxygen atoms in total. The average molecular weight is 330 g/mol. The lowest BCUT2D eigenvalue weighted by molar-refractivity contribution is 0.102. The highest BCUT2D eigenvalue weighted by Crippen LogP contribution is 2.25. The molecule has 0 aliphatic carbocycles. The standard InChI is InChI=1S/C22H22N2O/c1-15-8-11-18(12-9-15)23-22(25)19-6-4-5-7-21(19)24-20-13-10-16(2)14-17(20)3/h4-14,24H,1-3H3,(H,23,25). The highest BCUT2D eigenvalue weighted by molar-refractivity contribution is 6.08. The number of carbonyl (C=O) groups is 1. The van der Waals surface area contributed by atoms with Gasteiger partial charge in [-0.1, -0.05) is 47.5 Å². The molecule has 0 fully saturated rings. The molecular formula is C22H22N2O. The van der Waals surface area contributed by atoms with Gasteiger partial charge in [0.1, 0.15) is 0 Å². The van der Waals surface area contributed by atoms with E-state index in [1.54, 1.807) is 0 Å². The van der Waals surface area contributed by atoms with Crippen LogP contribution in [0.2, 0.25) is 0 Å². The molecule has 0 spiro atoms. The Morgan fingerprint density at radius 2 is 1.44 bits per heavy atom. The van der Waals surface area contributed by atoms with E-state index in [0.29, 0.717) is 5.56 Å². The number of rotatable bonds is 4. The van der Waals surface area contributed by atoms with Crippen LogP contribution in [0.25, 0.3) is 0 Å². The molecule has 3 aromatic rings. The number of hydrogen-bond acceptors (Lipinski definition) is 2. The molecule has 126 valence electrons. The normalized spacial score (nSPS) is 10.4. The van der Waals surface area contributed by atoms with Gasteiger partial charge >= 0.3 is 0 Å². The van der Waals surface area contributed by atoms with Crippen molar-refractivity contribution in [3.63, 3.8) is 0 Å². The van der Waals surface area contributed by atoms with E-state index in [0.717, 1.165) is 28.2 Å². The number of para-hydroxylation sites is 1. The summed E-state index contributed by atoms with van der Waals surface area (Å²) in [5, 5.41) is 6.34. The van der Waals surface area contributed by atoms with Crippen molar-refractivity contribution >= 4 is 23.0 Å². The molecule has 0 saturated heterocycles. The molecule has 0 saturated carbocycles. The van der Waals surface area contributed by atoms with Crippen LogP contribution in [0.15, 0.2) is 66.7 Å². The summed E-state index contributed by atoms with van der Waals surface area (Å²) in [6.45, 7) is 6.15. The first-order valence-electron chi connectivity index (χ1n) is 8.34. The molecule has 0 unspecified atom stereocenters. The predicted octanol–water partition coefficient (Wildman–Crippen LogP) is 5.61. The molecule has 0 aliphatic rings. The van der Waals surface area contributed by atoms with E-state index in [1.807, 2.05) is 61.5 Å². The van der Waals surface area contributed by atoms with Crippen molar-refractivity contribution in [1.82, 2.24) is 0 Å². The van der Waals surface area contributed by atoms with Gasteiger partial charge in [-0.2, -0.15) is 0 Å². The van der Waals surface area contributed by atoms with Crippen molar-refractivity contribution in [3.05, 3.63) is 89.0 Å². The molecule has 25 heavy (non-hydrogen) atoms. The van der Waals surface area contributed by atoms with Crippen LogP contribution in [-0.2, 0) is 0 Å². The van der Waals surface area contributed by atoms with Crippen LogP contribution < -0.4 is 10.6 Å². The molecule has 0 aromatic heterocycles. The van der Waals surface area contributed by atoms with E-state index in [1.165, 1.54) is 5.56 Å². The van der Waals surface area contributed by atoms with Gasteiger partial charge in [-0.15, -0.1) is 0 Å². The lowest BCUT2D eigenvalue weighted by Crippen LogP contribution is -2.14. The average Bonchev–Trinajstić information content (AvgIpc) is 2.60. The minimum Gasteiger partial charge on any atom is -0.355 e. The Bertz CT molecular complexity index is 898. The Morgan fingerprint density at radius 1 is 0.760 bits per heavy atom. The molecular weight excluding hydrogens is 308 g/mol. The van der Waals surface area contributed by atoms with Gasteiger partial charge in [0, 0.05) is 11.4 Å². The first kappa shape index (κ1) is 16.8. The second-order valence-corrected chi connectivity index (χ2v) is 6.31. The summed E-state index contributed by atoms with van der Waals surface area (Å²) in [7, 11) is 0. The predicted molar refractivity (Wildman–Crippen MR) is 105 cm³/mol. The van der Waals surface area contributed by atoms with Gasteiger partial charge < -0.3 is 10.6 Å². The minimum atomic E-state index is -0.128. The second kappa shape index (κ2) is 7.22. The number of aryl methyl sites for hydroxylation is 3. The van der Waals surface area contributed by atoms with Crippen molar-refractivity contribution in [2.45, 2.75) is 20.8 Å². The molecule has 0 atom stereocenters. The van der Waals surface area contributed by atoms with Crippen molar-refractivity contribution in [2.75, 3.05) is 10.6 Å². The second-order valence-electron chi connectivity index (χ2n) is 6.31. The number of carbonyl (C=O) groups excluding carboxylic acids is 1. The molecule has 0 bridgehead atoms. The Balaban J connectivity index is 1.85. The summed E-state index contributed by atoms with van der Waals surface area (Å²) >= 11 is 0. The van der Waals surface area contributed by atoms with E-state index < -0.39 is 0 Å². The van der Waals surface area contributed by atoms with Crippen LogP contribution in [0.1, 0.15) is 27.0 Å². The van der Waals surface area contributed by atoms with Gasteiger partial charge in [-0.25, -0.2) is 0 Å². The van der Waals surface area contributed by atoms with Crippen LogP contribution in [0.3, 0.4) is 0 Å². The third-order valence-electron chi connectivity index (χ3n) is 4.13. The summed E-state index contributed by atoms with van der Waals surface area (Å²) in [6.07, 6.45) is 0. The van der Waals surface area contributed by atoms with Crippen LogP contribution in [0.5, 0.6) is 0 Å². The van der Waals surface area contributed by atoms with Gasteiger partial charge in [-0.05, 0) is 56.7 Å². The molecule has 1 amide bonds. The molecule has 3 aromatic carbocycles. The Morgan fingerprint density at radius 3 is 2.16 bits per heavy atom. The lowest BCUT2D eigenvalue weighted by Gasteiger charge is -2.14. The highest BCUT2D eigenvalue weighted by Gasteiger charge is 2.12. The lowest BCUT2D eigenvalue weighted by atomic mass is 10.1. The van der Waals surface area contributed by atoms with Crippen molar-refractivity contribution in [3.8, 4) is 0 Å². The SMILES string of the molecule is Cc1ccc(NC(=O)c2ccccc2Nc2ccc(C)cc2C)cc1. The van der Waals surface area contributed by atoms with E-state index in [-0.39, 0.29) is 5.91 Å². The summed E-state index contributed by atoms with van der Waals surface area (Å²) < 4.78 is 0. The first-order valence-corrected chi connectivity index (χ1v) is 8.34. The number of nitrogens with one attached hydrogen (secondary N) is 2. The van der Waals surface area contributed by atoms with Crippen LogP contribution in [0, 0.1) is 20.8 Å². The Hall–Kier alpha value is -3.07. The zero-order valence-corrected chi connectivity index (χ0v) is 14.8. The van der Waals surface area contributed by atoms with Crippen LogP contribution >= 0.6 is 0 Å². The fourth-order valence-corrected chi connectivity index (χ4v) is 2.72. The Labute approximate surface area is 148 Å². The summed E-state index contributed by atoms with van der Waals surface area (Å²) in [6, 6.07) is 21.6. The smallest absolute Gasteiger partial charge is 0.257 e. The summed E-state index contributed by atoms with van der Waals surface area (Å²) in [5.74, 6) is -0.128. The molecule has 3 rings (SSSR count). The topological polar surface area (TPSA) is 41.1 Å². The Kier molecular flexibility index (Phi) is 4.85. The largest absolute Gasteiger partial charge is 0.355 e. The summed E-state index contributed by atoms with van der Waals surface area (Å²) in [5.41, 5.74) is 6.72. The van der Waals surface area contributed by atoms with E-state index in [4.69, 9.17) is 0 Å². The molecule has 3 heteroatoms. The van der Waals surface area contributed by atoms with Crippen LogP contribution in [-0.4, -0.2) is 5.91 Å². The third kappa shape index (κ3) is 4.07. The maximum atomic E-state index is 12.7. The first-order chi connectivity index (χ1) is 12.0. The zero-order chi connectivity index (χ0) is 17.8. The molecule has 0 radical (unpaired) electrons. The highest BCUT2D eigenvalue weighted by atomic mass is 16.1. The van der Waals surface area contributed by atoms with Gasteiger partial charge in [0.15, 0.2) is 0 Å². The van der Waals surface area contributed by atoms with Crippen molar-refractivity contribution in [1.29, 1.82) is 0 Å². The number of anilines is 3. The molecule has 0 heterocycles. The monoisotopic (exact) mass is 330 g/mol. The number of amides is 1. The van der Waals surface area contributed by atoms with E-state index in [2.05, 4.69) is 36.6 Å². The zero-order valence-electron chi connectivity index (χ0n) is 14.8. The maximum Gasteiger partial charge on any atom is 0.257 e. The van der Waals surface area contributed by atoms with Crippen molar-refractivity contribution < 1.29 is 4.79 Å².